The molecule has 0 radical (unpaired) electrons. The maximum Gasteiger partial charge on any atom is 0.248 e. The SMILES string of the molecule is NNC(=O)CN(CC1CC1)CC1CC1. The molecular formula is C10H19N3O. The number of hydrogen-bond donors (Lipinski definition) is 2. The van der Waals surface area contributed by atoms with Gasteiger partial charge < -0.3 is 0 Å². The van der Waals surface area contributed by atoms with E-state index in [0.29, 0.717) is 6.54 Å². The number of hydrogen-bond acceptors (Lipinski definition) is 3. The molecule has 0 aromatic heterocycles. The molecule has 0 saturated heterocycles. The molecule has 1 amide bonds. The molecule has 0 atom stereocenters. The molecule has 0 aromatic carbocycles. The third kappa shape index (κ3) is 3.27. The number of nitrogens with two attached hydrogens (primary N) is 1. The van der Waals surface area contributed by atoms with Crippen molar-refractivity contribution < 1.29 is 4.79 Å². The smallest absolute Gasteiger partial charge is 0.248 e. The fourth-order valence-electron chi connectivity index (χ4n) is 1.78. The Morgan fingerprint density at radius 3 is 2.07 bits per heavy atom. The third-order valence-electron chi connectivity index (χ3n) is 2.95. The summed E-state index contributed by atoms with van der Waals surface area (Å²) in [5, 5.41) is 0. The Kier molecular flexibility index (Phi) is 3.03. The summed E-state index contributed by atoms with van der Waals surface area (Å²) >= 11 is 0. The van der Waals surface area contributed by atoms with Gasteiger partial charge in [0, 0.05) is 13.1 Å². The molecule has 80 valence electrons. The number of carbonyl (C=O) groups is 1. The van der Waals surface area contributed by atoms with Crippen molar-refractivity contribution in [2.24, 2.45) is 17.7 Å². The van der Waals surface area contributed by atoms with E-state index < -0.39 is 0 Å². The molecular weight excluding hydrogens is 178 g/mol. The fraction of sp³-hybridized carbons (Fsp3) is 0.900. The minimum atomic E-state index is -0.0636. The quantitative estimate of drug-likeness (QED) is 0.361. The highest BCUT2D eigenvalue weighted by Crippen LogP contribution is 2.33. The van der Waals surface area contributed by atoms with Crippen LogP contribution in [0.3, 0.4) is 0 Å². The van der Waals surface area contributed by atoms with Gasteiger partial charge in [-0.25, -0.2) is 5.84 Å². The number of amides is 1. The Hall–Kier alpha value is -0.610. The molecule has 2 aliphatic carbocycles. The van der Waals surface area contributed by atoms with E-state index in [1.807, 2.05) is 0 Å². The van der Waals surface area contributed by atoms with Gasteiger partial charge in [-0.3, -0.25) is 15.1 Å². The van der Waals surface area contributed by atoms with Gasteiger partial charge in [-0.05, 0) is 37.5 Å². The van der Waals surface area contributed by atoms with Crippen molar-refractivity contribution in [2.75, 3.05) is 19.6 Å². The lowest BCUT2D eigenvalue weighted by molar-refractivity contribution is -0.122. The Labute approximate surface area is 84.8 Å². The maximum absolute atomic E-state index is 11.1. The molecule has 4 nitrogen and oxygen atoms in total. The van der Waals surface area contributed by atoms with Gasteiger partial charge in [0.1, 0.15) is 0 Å². The maximum atomic E-state index is 11.1. The normalized spacial score (nSPS) is 21.3. The van der Waals surface area contributed by atoms with Crippen LogP contribution >= 0.6 is 0 Å². The minimum Gasteiger partial charge on any atom is -0.294 e. The molecule has 2 fully saturated rings. The molecule has 0 aromatic rings. The second kappa shape index (κ2) is 4.28. The predicted molar refractivity (Wildman–Crippen MR) is 54.2 cm³/mol. The van der Waals surface area contributed by atoms with Crippen LogP contribution in [-0.2, 0) is 4.79 Å². The van der Waals surface area contributed by atoms with E-state index in [4.69, 9.17) is 5.84 Å². The van der Waals surface area contributed by atoms with Gasteiger partial charge in [0.05, 0.1) is 6.54 Å². The topological polar surface area (TPSA) is 58.4 Å². The largest absolute Gasteiger partial charge is 0.294 e. The van der Waals surface area contributed by atoms with Gasteiger partial charge in [-0.15, -0.1) is 0 Å². The highest BCUT2D eigenvalue weighted by molar-refractivity contribution is 5.77. The van der Waals surface area contributed by atoms with Gasteiger partial charge >= 0.3 is 0 Å². The van der Waals surface area contributed by atoms with Crippen LogP contribution in [0.5, 0.6) is 0 Å². The third-order valence-corrected chi connectivity index (χ3v) is 2.95. The minimum absolute atomic E-state index is 0.0636. The van der Waals surface area contributed by atoms with E-state index in [9.17, 15) is 4.79 Å². The van der Waals surface area contributed by atoms with Crippen molar-refractivity contribution in [1.29, 1.82) is 0 Å². The zero-order valence-electron chi connectivity index (χ0n) is 8.54. The summed E-state index contributed by atoms with van der Waals surface area (Å²) in [6, 6.07) is 0. The van der Waals surface area contributed by atoms with Crippen LogP contribution in [-0.4, -0.2) is 30.4 Å². The van der Waals surface area contributed by atoms with Gasteiger partial charge in [-0.1, -0.05) is 0 Å². The average molecular weight is 197 g/mol. The van der Waals surface area contributed by atoms with Crippen LogP contribution in [0.1, 0.15) is 25.7 Å². The fourth-order valence-corrected chi connectivity index (χ4v) is 1.78. The molecule has 14 heavy (non-hydrogen) atoms. The Bertz CT molecular complexity index is 197. The number of nitrogens with zero attached hydrogens (tertiary/aromatic N) is 1. The van der Waals surface area contributed by atoms with Gasteiger partial charge in [-0.2, -0.15) is 0 Å². The van der Waals surface area contributed by atoms with E-state index in [2.05, 4.69) is 10.3 Å². The summed E-state index contributed by atoms with van der Waals surface area (Å²) in [6.45, 7) is 2.65. The summed E-state index contributed by atoms with van der Waals surface area (Å²) in [4.78, 5) is 13.4. The Morgan fingerprint density at radius 2 is 1.71 bits per heavy atom. The number of hydrazine groups is 1. The van der Waals surface area contributed by atoms with Gasteiger partial charge in [0.15, 0.2) is 0 Å². The van der Waals surface area contributed by atoms with Crippen LogP contribution in [0.4, 0.5) is 0 Å². The van der Waals surface area contributed by atoms with Crippen molar-refractivity contribution in [3.05, 3.63) is 0 Å². The van der Waals surface area contributed by atoms with Crippen LogP contribution in [0.15, 0.2) is 0 Å². The highest BCUT2D eigenvalue weighted by atomic mass is 16.2. The molecule has 2 rings (SSSR count). The molecule has 2 saturated carbocycles. The predicted octanol–water partition coefficient (Wildman–Crippen LogP) is 0.0983. The molecule has 4 heteroatoms. The first-order valence-electron chi connectivity index (χ1n) is 5.49. The van der Waals surface area contributed by atoms with Crippen molar-refractivity contribution in [3.8, 4) is 0 Å². The van der Waals surface area contributed by atoms with E-state index in [0.717, 1.165) is 24.9 Å². The number of rotatable bonds is 6. The standard InChI is InChI=1S/C10H19N3O/c11-12-10(14)7-13(5-8-1-2-8)6-9-3-4-9/h8-9H,1-7,11H2,(H,12,14). The monoisotopic (exact) mass is 197 g/mol. The molecule has 0 spiro atoms. The lowest BCUT2D eigenvalue weighted by Crippen LogP contribution is -2.41. The second-order valence-corrected chi connectivity index (χ2v) is 4.65. The Morgan fingerprint density at radius 1 is 1.21 bits per heavy atom. The van der Waals surface area contributed by atoms with Gasteiger partial charge in [0.25, 0.3) is 0 Å². The lowest BCUT2D eigenvalue weighted by atomic mass is 10.3. The lowest BCUT2D eigenvalue weighted by Gasteiger charge is -2.20. The first-order valence-corrected chi connectivity index (χ1v) is 5.49. The summed E-state index contributed by atoms with van der Waals surface area (Å²) in [6.07, 6.45) is 5.35. The first-order chi connectivity index (χ1) is 6.78. The molecule has 0 aliphatic heterocycles. The van der Waals surface area contributed by atoms with Crippen molar-refractivity contribution >= 4 is 5.91 Å². The first kappa shape index (κ1) is 9.93. The van der Waals surface area contributed by atoms with Gasteiger partial charge in [0.2, 0.25) is 5.91 Å². The van der Waals surface area contributed by atoms with Crippen molar-refractivity contribution in [2.45, 2.75) is 25.7 Å². The summed E-state index contributed by atoms with van der Waals surface area (Å²) in [5.41, 5.74) is 2.20. The van der Waals surface area contributed by atoms with Crippen LogP contribution in [0.2, 0.25) is 0 Å². The van der Waals surface area contributed by atoms with E-state index >= 15 is 0 Å². The van der Waals surface area contributed by atoms with Crippen LogP contribution in [0.25, 0.3) is 0 Å². The molecule has 0 bridgehead atoms. The zero-order valence-corrected chi connectivity index (χ0v) is 8.54. The molecule has 3 N–H and O–H groups in total. The zero-order chi connectivity index (χ0) is 9.97. The van der Waals surface area contributed by atoms with Crippen molar-refractivity contribution in [3.63, 3.8) is 0 Å². The summed E-state index contributed by atoms with van der Waals surface area (Å²) in [5.74, 6) is 6.72. The van der Waals surface area contributed by atoms with Crippen LogP contribution < -0.4 is 11.3 Å². The summed E-state index contributed by atoms with van der Waals surface area (Å²) in [7, 11) is 0. The van der Waals surface area contributed by atoms with E-state index in [-0.39, 0.29) is 5.91 Å². The summed E-state index contributed by atoms with van der Waals surface area (Å²) < 4.78 is 0. The average Bonchev–Trinajstić information content (AvgIpc) is 2.99. The highest BCUT2D eigenvalue weighted by Gasteiger charge is 2.29. The van der Waals surface area contributed by atoms with E-state index in [1.165, 1.54) is 25.7 Å². The second-order valence-electron chi connectivity index (χ2n) is 4.65. The number of nitrogens with one attached hydrogen (secondary N) is 1. The van der Waals surface area contributed by atoms with E-state index in [1.54, 1.807) is 0 Å². The molecule has 0 unspecified atom stereocenters. The van der Waals surface area contributed by atoms with Crippen LogP contribution in [0, 0.1) is 11.8 Å². The molecule has 0 heterocycles. The number of carbonyl (C=O) groups excluding carboxylic acids is 1. The Balaban J connectivity index is 1.73. The van der Waals surface area contributed by atoms with Crippen molar-refractivity contribution in [1.82, 2.24) is 10.3 Å². The molecule has 2 aliphatic rings.